The second kappa shape index (κ2) is 4.41. The number of benzene rings is 1. The van der Waals surface area contributed by atoms with Gasteiger partial charge in [-0.25, -0.2) is 0 Å². The summed E-state index contributed by atoms with van der Waals surface area (Å²) in [5.74, 6) is 4.39. The number of ether oxygens (including phenoxy) is 2. The predicted octanol–water partition coefficient (Wildman–Crippen LogP) is 4.77. The number of hydrogen-bond acceptors (Lipinski definition) is 2. The fourth-order valence-electron chi connectivity index (χ4n) is 5.29. The molecule has 114 valence electrons. The minimum Gasteiger partial charge on any atom is -0.496 e. The molecule has 0 N–H and O–H groups in total. The summed E-state index contributed by atoms with van der Waals surface area (Å²) in [4.78, 5) is 0. The zero-order valence-corrected chi connectivity index (χ0v) is 13.3. The Labute approximate surface area is 131 Å². The molecule has 4 atom stereocenters. The van der Waals surface area contributed by atoms with Gasteiger partial charge in [0, 0.05) is 45.9 Å². The third kappa shape index (κ3) is 1.41. The molecule has 1 aromatic rings. The van der Waals surface area contributed by atoms with E-state index in [1.807, 2.05) is 14.2 Å². The van der Waals surface area contributed by atoms with E-state index in [9.17, 15) is 0 Å². The minimum absolute atomic E-state index is 0.513. The molecule has 0 unspecified atom stereocenters. The Balaban J connectivity index is 1.89. The van der Waals surface area contributed by atoms with Crippen molar-refractivity contribution in [2.24, 2.45) is 0 Å². The Bertz CT molecular complexity index is 599. The Morgan fingerprint density at radius 1 is 0.591 bits per heavy atom. The van der Waals surface area contributed by atoms with Gasteiger partial charge in [-0.05, 0) is 25.7 Å². The molecule has 0 aliphatic heterocycles. The van der Waals surface area contributed by atoms with Crippen molar-refractivity contribution >= 4 is 0 Å². The highest BCUT2D eigenvalue weighted by molar-refractivity contribution is 5.69. The van der Waals surface area contributed by atoms with Gasteiger partial charge in [0.15, 0.2) is 0 Å². The van der Waals surface area contributed by atoms with Gasteiger partial charge in [0.2, 0.25) is 0 Å². The monoisotopic (exact) mass is 294 g/mol. The highest BCUT2D eigenvalue weighted by atomic mass is 16.5. The molecule has 0 radical (unpaired) electrons. The maximum absolute atomic E-state index is 5.99. The summed E-state index contributed by atoms with van der Waals surface area (Å²) in [6.45, 7) is 0. The molecule has 0 amide bonds. The van der Waals surface area contributed by atoms with Crippen LogP contribution in [0.2, 0.25) is 0 Å². The zero-order valence-electron chi connectivity index (χ0n) is 13.3. The first-order valence-corrected chi connectivity index (χ1v) is 8.51. The maximum Gasteiger partial charge on any atom is 0.127 e. The van der Waals surface area contributed by atoms with Crippen LogP contribution in [-0.4, -0.2) is 14.2 Å². The first kappa shape index (κ1) is 12.8. The molecule has 0 saturated heterocycles. The number of fused-ring (bicyclic) bond motifs is 2. The number of methoxy groups -OCH3 is 2. The summed E-state index contributed by atoms with van der Waals surface area (Å²) in [5, 5.41) is 0. The molecular formula is C20H22O2. The van der Waals surface area contributed by atoms with Crippen molar-refractivity contribution in [3.63, 3.8) is 0 Å². The lowest BCUT2D eigenvalue weighted by Gasteiger charge is -2.42. The lowest BCUT2D eigenvalue weighted by Crippen LogP contribution is -2.26. The number of rotatable bonds is 2. The van der Waals surface area contributed by atoms with E-state index in [1.165, 1.54) is 59.4 Å². The first-order chi connectivity index (χ1) is 10.8. The van der Waals surface area contributed by atoms with E-state index in [0.29, 0.717) is 23.7 Å². The van der Waals surface area contributed by atoms with Crippen LogP contribution >= 0.6 is 0 Å². The van der Waals surface area contributed by atoms with Crippen LogP contribution in [0.1, 0.15) is 71.6 Å². The summed E-state index contributed by atoms with van der Waals surface area (Å²) in [6, 6.07) is 0. The molecule has 2 nitrogen and oxygen atoms in total. The largest absolute Gasteiger partial charge is 0.496 e. The topological polar surface area (TPSA) is 18.5 Å². The fraction of sp³-hybridized carbons (Fsp3) is 0.500. The van der Waals surface area contributed by atoms with Gasteiger partial charge in [0.1, 0.15) is 11.5 Å². The normalized spacial score (nSPS) is 32.8. The molecule has 0 fully saturated rings. The van der Waals surface area contributed by atoms with Crippen LogP contribution in [0.3, 0.4) is 0 Å². The quantitative estimate of drug-likeness (QED) is 0.732. The van der Waals surface area contributed by atoms with Gasteiger partial charge in [0.05, 0.1) is 14.2 Å². The molecule has 0 heterocycles. The highest BCUT2D eigenvalue weighted by Crippen LogP contribution is 2.60. The van der Waals surface area contributed by atoms with Gasteiger partial charge in [-0.15, -0.1) is 0 Å². The molecule has 0 saturated carbocycles. The molecule has 1 aromatic carbocycles. The van der Waals surface area contributed by atoms with Crippen molar-refractivity contribution in [2.75, 3.05) is 14.2 Å². The van der Waals surface area contributed by atoms with Crippen molar-refractivity contribution in [2.45, 2.75) is 49.4 Å². The molecule has 2 heteroatoms. The van der Waals surface area contributed by atoms with E-state index >= 15 is 0 Å². The second-order valence-corrected chi connectivity index (χ2v) is 7.07. The van der Waals surface area contributed by atoms with E-state index in [4.69, 9.17) is 9.47 Å². The molecule has 0 spiro atoms. The highest BCUT2D eigenvalue weighted by Gasteiger charge is 2.42. The average Bonchev–Trinajstić information content (AvgIpc) is 2.61. The molecule has 22 heavy (non-hydrogen) atoms. The molecule has 0 aromatic heterocycles. The number of hydrogen-bond donors (Lipinski definition) is 0. The number of allylic oxidation sites excluding steroid dienone is 4. The zero-order chi connectivity index (χ0) is 14.8. The van der Waals surface area contributed by atoms with Crippen molar-refractivity contribution in [1.82, 2.24) is 0 Å². The molecular weight excluding hydrogens is 272 g/mol. The summed E-state index contributed by atoms with van der Waals surface area (Å²) in [6.07, 6.45) is 14.5. The van der Waals surface area contributed by atoms with Gasteiger partial charge in [0.25, 0.3) is 0 Å². The molecule has 4 bridgehead atoms. The Hall–Kier alpha value is -1.70. The maximum atomic E-state index is 5.99. The van der Waals surface area contributed by atoms with E-state index in [1.54, 1.807) is 0 Å². The summed E-state index contributed by atoms with van der Waals surface area (Å²) >= 11 is 0. The Morgan fingerprint density at radius 3 is 1.05 bits per heavy atom. The predicted molar refractivity (Wildman–Crippen MR) is 87.3 cm³/mol. The van der Waals surface area contributed by atoms with Crippen LogP contribution < -0.4 is 9.47 Å². The van der Waals surface area contributed by atoms with Gasteiger partial charge in [-0.3, -0.25) is 0 Å². The van der Waals surface area contributed by atoms with Crippen molar-refractivity contribution in [1.29, 1.82) is 0 Å². The lowest BCUT2D eigenvalue weighted by atomic mass is 9.64. The van der Waals surface area contributed by atoms with Crippen LogP contribution in [0, 0.1) is 0 Å². The van der Waals surface area contributed by atoms with Gasteiger partial charge >= 0.3 is 0 Å². The average molecular weight is 294 g/mol. The third-order valence-corrected chi connectivity index (χ3v) is 6.18. The fourth-order valence-corrected chi connectivity index (χ4v) is 5.29. The summed E-state index contributed by atoms with van der Waals surface area (Å²) in [7, 11) is 3.70. The van der Waals surface area contributed by atoms with Crippen LogP contribution in [0.5, 0.6) is 11.5 Å². The minimum atomic E-state index is 0.513. The van der Waals surface area contributed by atoms with Crippen LogP contribution in [-0.2, 0) is 0 Å². The first-order valence-electron chi connectivity index (χ1n) is 8.51. The lowest BCUT2D eigenvalue weighted by molar-refractivity contribution is 0.358. The summed E-state index contributed by atoms with van der Waals surface area (Å²) in [5.41, 5.74) is 5.71. The van der Waals surface area contributed by atoms with Crippen LogP contribution in [0.25, 0.3) is 0 Å². The third-order valence-electron chi connectivity index (χ3n) is 6.18. The van der Waals surface area contributed by atoms with E-state index in [0.717, 1.165) is 0 Å². The molecule has 7 rings (SSSR count). The second-order valence-electron chi connectivity index (χ2n) is 7.07. The SMILES string of the molecule is COc1c2c(c(OC)c3c1[C@@H]1C=C[C@H]3CC1)[C@H]1C=C[C@@H]2CC1. The van der Waals surface area contributed by atoms with E-state index in [-0.39, 0.29) is 0 Å². The van der Waals surface area contributed by atoms with Gasteiger partial charge in [-0.2, -0.15) is 0 Å². The van der Waals surface area contributed by atoms with E-state index < -0.39 is 0 Å². The van der Waals surface area contributed by atoms with Crippen LogP contribution in [0.4, 0.5) is 0 Å². The molecule has 6 aliphatic rings. The van der Waals surface area contributed by atoms with Crippen molar-refractivity contribution < 1.29 is 9.47 Å². The van der Waals surface area contributed by atoms with Crippen molar-refractivity contribution in [3.8, 4) is 11.5 Å². The summed E-state index contributed by atoms with van der Waals surface area (Å²) < 4.78 is 12.0. The smallest absolute Gasteiger partial charge is 0.127 e. The van der Waals surface area contributed by atoms with Crippen LogP contribution in [0.15, 0.2) is 24.3 Å². The van der Waals surface area contributed by atoms with Crippen molar-refractivity contribution in [3.05, 3.63) is 46.6 Å². The van der Waals surface area contributed by atoms with Gasteiger partial charge in [-0.1, -0.05) is 24.3 Å². The van der Waals surface area contributed by atoms with Gasteiger partial charge < -0.3 is 9.47 Å². The Kier molecular flexibility index (Phi) is 2.56. The molecule has 6 aliphatic carbocycles. The van der Waals surface area contributed by atoms with E-state index in [2.05, 4.69) is 24.3 Å². The Morgan fingerprint density at radius 2 is 0.864 bits per heavy atom. The standard InChI is InChI=1S/C20H22O2/c1-21-19-15-11-3-7-13(8-4-11)17(15)20(22-2)18-14-9-5-12(6-10-14)16(18)19/h3,5,7,9,11-14H,4,6,8,10H2,1-2H3/t11-,12-,13+,14+.